The normalized spacial score (nSPS) is 28.3. The van der Waals surface area contributed by atoms with Gasteiger partial charge in [-0.05, 0) is 13.0 Å². The van der Waals surface area contributed by atoms with E-state index in [4.69, 9.17) is 10.2 Å². The molecule has 0 radical (unpaired) electrons. The second-order valence-electron chi connectivity index (χ2n) is 5.35. The van der Waals surface area contributed by atoms with Crippen molar-refractivity contribution in [1.29, 1.82) is 0 Å². The number of hydrogen-bond acceptors (Lipinski definition) is 4. The molecule has 3 N–H and O–H groups in total. The third kappa shape index (κ3) is 4.19. The zero-order chi connectivity index (χ0) is 13.4. The van der Waals surface area contributed by atoms with Gasteiger partial charge < -0.3 is 15.3 Å². The van der Waals surface area contributed by atoms with Gasteiger partial charge in [0, 0.05) is 0 Å². The van der Waals surface area contributed by atoms with E-state index in [1.807, 2.05) is 4.90 Å². The quantitative estimate of drug-likeness (QED) is 0.515. The van der Waals surface area contributed by atoms with Crippen molar-refractivity contribution >= 4 is 0 Å². The van der Waals surface area contributed by atoms with Crippen molar-refractivity contribution in [3.63, 3.8) is 0 Å². The highest BCUT2D eigenvalue weighted by molar-refractivity contribution is 5.00. The molecule has 0 bridgehead atoms. The zero-order valence-electron chi connectivity index (χ0n) is 11.6. The summed E-state index contributed by atoms with van der Waals surface area (Å²) in [5.74, 6) is 0. The molecule has 0 aromatic heterocycles. The van der Waals surface area contributed by atoms with Crippen LogP contribution in [-0.2, 0) is 0 Å². The predicted molar refractivity (Wildman–Crippen MR) is 72.5 cm³/mol. The first kappa shape index (κ1) is 15.9. The molecule has 0 aromatic carbocycles. The average molecular weight is 259 g/mol. The maximum Gasteiger partial charge on any atom is 0.0895 e. The summed E-state index contributed by atoms with van der Waals surface area (Å²) in [7, 11) is 0. The fourth-order valence-electron chi connectivity index (χ4n) is 2.80. The van der Waals surface area contributed by atoms with Gasteiger partial charge in [0.25, 0.3) is 0 Å². The van der Waals surface area contributed by atoms with Gasteiger partial charge in [-0.2, -0.15) is 0 Å². The summed E-state index contributed by atoms with van der Waals surface area (Å²) in [6.45, 7) is 3.06. The first-order valence-corrected chi connectivity index (χ1v) is 7.41. The highest BCUT2D eigenvalue weighted by Crippen LogP contribution is 2.26. The highest BCUT2D eigenvalue weighted by Gasteiger charge is 2.45. The molecule has 1 unspecified atom stereocenters. The summed E-state index contributed by atoms with van der Waals surface area (Å²) in [5, 5.41) is 28.0. The van der Waals surface area contributed by atoms with Gasteiger partial charge in [-0.3, -0.25) is 4.90 Å². The van der Waals surface area contributed by atoms with E-state index in [1.54, 1.807) is 0 Å². The molecule has 1 heterocycles. The van der Waals surface area contributed by atoms with Crippen molar-refractivity contribution in [3.8, 4) is 0 Å². The molecule has 3 atom stereocenters. The van der Waals surface area contributed by atoms with Crippen LogP contribution in [0.3, 0.4) is 0 Å². The minimum atomic E-state index is -0.565. The fraction of sp³-hybridized carbons (Fsp3) is 1.00. The van der Waals surface area contributed by atoms with Crippen LogP contribution in [0.5, 0.6) is 0 Å². The number of aliphatic hydroxyl groups is 3. The lowest BCUT2D eigenvalue weighted by Crippen LogP contribution is -2.70. The second kappa shape index (κ2) is 8.86. The van der Waals surface area contributed by atoms with E-state index < -0.39 is 6.10 Å². The Morgan fingerprint density at radius 1 is 0.833 bits per heavy atom. The van der Waals surface area contributed by atoms with Gasteiger partial charge in [-0.25, -0.2) is 0 Å². The van der Waals surface area contributed by atoms with Crippen molar-refractivity contribution in [1.82, 2.24) is 4.90 Å². The second-order valence-corrected chi connectivity index (χ2v) is 5.35. The maximum absolute atomic E-state index is 9.68. The smallest absolute Gasteiger partial charge is 0.0895 e. The van der Waals surface area contributed by atoms with Gasteiger partial charge in [0.2, 0.25) is 0 Å². The van der Waals surface area contributed by atoms with Crippen LogP contribution in [0.4, 0.5) is 0 Å². The zero-order valence-corrected chi connectivity index (χ0v) is 11.6. The first-order valence-electron chi connectivity index (χ1n) is 7.41. The Kier molecular flexibility index (Phi) is 7.82. The summed E-state index contributed by atoms with van der Waals surface area (Å²) in [6.07, 6.45) is 8.24. The van der Waals surface area contributed by atoms with Crippen molar-refractivity contribution < 1.29 is 15.3 Å². The van der Waals surface area contributed by atoms with E-state index >= 15 is 0 Å². The van der Waals surface area contributed by atoms with Gasteiger partial charge in [0.15, 0.2) is 0 Å². The van der Waals surface area contributed by atoms with Gasteiger partial charge in [-0.1, -0.05) is 45.4 Å². The average Bonchev–Trinajstić information content (AvgIpc) is 2.37. The maximum atomic E-state index is 9.68. The van der Waals surface area contributed by atoms with Crippen molar-refractivity contribution in [2.45, 2.75) is 70.1 Å². The van der Waals surface area contributed by atoms with E-state index in [1.165, 1.54) is 38.5 Å². The largest absolute Gasteiger partial charge is 0.395 e. The number of nitrogens with zero attached hydrogens (tertiary/aromatic N) is 1. The molecule has 1 rings (SSSR count). The molecular formula is C14H29NO3. The highest BCUT2D eigenvalue weighted by atomic mass is 16.3. The van der Waals surface area contributed by atoms with E-state index in [-0.39, 0.29) is 25.3 Å². The van der Waals surface area contributed by atoms with Crippen LogP contribution in [0.1, 0.15) is 51.9 Å². The molecule has 0 amide bonds. The van der Waals surface area contributed by atoms with Crippen LogP contribution in [-0.4, -0.2) is 58.2 Å². The van der Waals surface area contributed by atoms with E-state index in [2.05, 4.69) is 6.92 Å². The Morgan fingerprint density at radius 2 is 1.33 bits per heavy atom. The molecule has 18 heavy (non-hydrogen) atoms. The van der Waals surface area contributed by atoms with Crippen LogP contribution < -0.4 is 0 Å². The minimum absolute atomic E-state index is 0.0197. The number of unbranched alkanes of at least 4 members (excludes halogenated alkanes) is 6. The Balaban J connectivity index is 2.07. The summed E-state index contributed by atoms with van der Waals surface area (Å²) in [5.41, 5.74) is 0. The molecule has 0 saturated carbocycles. The number of hydrogen-bond donors (Lipinski definition) is 3. The van der Waals surface area contributed by atoms with Crippen molar-refractivity contribution in [2.24, 2.45) is 0 Å². The SMILES string of the molecule is CCCCCCCCCN1[C@H](CO)C(O)[C@@H]1CO. The van der Waals surface area contributed by atoms with Crippen LogP contribution in [0.15, 0.2) is 0 Å². The van der Waals surface area contributed by atoms with Gasteiger partial charge >= 0.3 is 0 Å². The summed E-state index contributed by atoms with van der Waals surface area (Å²) in [4.78, 5) is 2.04. The van der Waals surface area contributed by atoms with Crippen molar-refractivity contribution in [3.05, 3.63) is 0 Å². The number of rotatable bonds is 10. The standard InChI is InChI=1S/C14H29NO3/c1-2-3-4-5-6-7-8-9-15-12(10-16)14(18)13(15)11-17/h12-14,16-18H,2-11H2,1H3/t12-,13+,14?. The third-order valence-electron chi connectivity index (χ3n) is 4.03. The third-order valence-corrected chi connectivity index (χ3v) is 4.03. The van der Waals surface area contributed by atoms with Crippen LogP contribution in [0.2, 0.25) is 0 Å². The molecule has 0 aromatic rings. The monoisotopic (exact) mass is 259 g/mol. The molecule has 4 heteroatoms. The predicted octanol–water partition coefficient (Wildman–Crippen LogP) is 1.14. The van der Waals surface area contributed by atoms with Crippen LogP contribution >= 0.6 is 0 Å². The van der Waals surface area contributed by atoms with E-state index in [9.17, 15) is 5.11 Å². The van der Waals surface area contributed by atoms with Gasteiger partial charge in [-0.15, -0.1) is 0 Å². The van der Waals surface area contributed by atoms with Crippen LogP contribution in [0, 0.1) is 0 Å². The topological polar surface area (TPSA) is 63.9 Å². The molecule has 4 nitrogen and oxygen atoms in total. The first-order chi connectivity index (χ1) is 8.76. The lowest BCUT2D eigenvalue weighted by atomic mass is 9.89. The van der Waals surface area contributed by atoms with Crippen molar-refractivity contribution in [2.75, 3.05) is 19.8 Å². The summed E-state index contributed by atoms with van der Waals surface area (Å²) in [6, 6.07) is -0.329. The van der Waals surface area contributed by atoms with Gasteiger partial charge in [0.05, 0.1) is 31.4 Å². The fourth-order valence-corrected chi connectivity index (χ4v) is 2.80. The molecular weight excluding hydrogens is 230 g/mol. The Morgan fingerprint density at radius 3 is 1.83 bits per heavy atom. The molecule has 108 valence electrons. The number of likely N-dealkylation sites (tertiary alicyclic amines) is 1. The lowest BCUT2D eigenvalue weighted by Gasteiger charge is -2.51. The summed E-state index contributed by atoms with van der Waals surface area (Å²) >= 11 is 0. The Bertz CT molecular complexity index is 201. The van der Waals surface area contributed by atoms with E-state index in [0.717, 1.165) is 13.0 Å². The van der Waals surface area contributed by atoms with Crippen LogP contribution in [0.25, 0.3) is 0 Å². The molecule has 0 spiro atoms. The summed E-state index contributed by atoms with van der Waals surface area (Å²) < 4.78 is 0. The lowest BCUT2D eigenvalue weighted by molar-refractivity contribution is -0.148. The minimum Gasteiger partial charge on any atom is -0.395 e. The molecule has 1 saturated heterocycles. The van der Waals surface area contributed by atoms with E-state index in [0.29, 0.717) is 0 Å². The number of aliphatic hydroxyl groups excluding tert-OH is 3. The molecule has 1 aliphatic rings. The molecule has 1 aliphatic heterocycles. The van der Waals surface area contributed by atoms with Gasteiger partial charge in [0.1, 0.15) is 0 Å². The Labute approximate surface area is 111 Å². The molecule has 0 aliphatic carbocycles. The Hall–Kier alpha value is -0.160. The molecule has 1 fully saturated rings.